The van der Waals surface area contributed by atoms with Crippen molar-refractivity contribution in [1.29, 1.82) is 0 Å². The average molecular weight is 339 g/mol. The number of carboxylic acids is 1. The molecule has 9 nitrogen and oxygen atoms in total. The molecule has 1 heterocycles. The Morgan fingerprint density at radius 2 is 1.70 bits per heavy atom. The van der Waals surface area contributed by atoms with Crippen molar-refractivity contribution in [1.82, 2.24) is 5.01 Å². The summed E-state index contributed by atoms with van der Waals surface area (Å²) in [5.74, 6) is -2.62. The highest BCUT2D eigenvalue weighted by atomic mass is 32.2. The summed E-state index contributed by atoms with van der Waals surface area (Å²) in [6.45, 7) is 2.97. The van der Waals surface area contributed by atoms with Gasteiger partial charge in [0.2, 0.25) is 10.0 Å². The van der Waals surface area contributed by atoms with Crippen LogP contribution in [0.4, 0.5) is 5.69 Å². The normalized spacial score (nSPS) is 15.3. The molecular formula is C13H13N3O6S. The van der Waals surface area contributed by atoms with E-state index in [1.807, 2.05) is 0 Å². The molecule has 1 aliphatic rings. The highest BCUT2D eigenvalue weighted by Gasteiger charge is 2.34. The van der Waals surface area contributed by atoms with Gasteiger partial charge in [-0.15, -0.1) is 0 Å². The molecule has 0 saturated carbocycles. The number of carbonyl (C=O) groups excluding carboxylic acids is 2. The standard InChI is InChI=1S/C13H13N3O6S/c1-6-7(2)12(18)16(11(6)17)15-8-3-4-9(13(19)20)10(5-8)23(14,21)22/h3-5,15H,1-2H3,(H,19,20)(H2,14,21,22). The molecule has 1 aromatic carbocycles. The number of amides is 2. The molecule has 1 aliphatic heterocycles. The van der Waals surface area contributed by atoms with Crippen LogP contribution in [-0.2, 0) is 19.6 Å². The van der Waals surface area contributed by atoms with E-state index < -0.39 is 38.3 Å². The first-order valence-corrected chi connectivity index (χ1v) is 7.81. The Labute approximate surface area is 131 Å². The van der Waals surface area contributed by atoms with Crippen LogP contribution in [0.2, 0.25) is 0 Å². The minimum absolute atomic E-state index is 0.0308. The van der Waals surface area contributed by atoms with E-state index in [1.165, 1.54) is 19.9 Å². The number of nitrogens with two attached hydrogens (primary N) is 1. The second-order valence-electron chi connectivity index (χ2n) is 4.87. The van der Waals surface area contributed by atoms with Gasteiger partial charge >= 0.3 is 5.97 Å². The molecule has 0 aromatic heterocycles. The number of imide groups is 1. The number of carboxylic acid groups (broad SMARTS) is 1. The van der Waals surface area contributed by atoms with E-state index in [2.05, 4.69) is 5.43 Å². The zero-order valence-electron chi connectivity index (χ0n) is 12.2. The number of rotatable bonds is 4. The Morgan fingerprint density at radius 1 is 1.17 bits per heavy atom. The van der Waals surface area contributed by atoms with E-state index >= 15 is 0 Å². The maximum atomic E-state index is 11.9. The third kappa shape index (κ3) is 2.94. The van der Waals surface area contributed by atoms with Gasteiger partial charge in [0.05, 0.1) is 16.1 Å². The van der Waals surface area contributed by atoms with E-state index in [9.17, 15) is 22.8 Å². The van der Waals surface area contributed by atoms with Crippen molar-refractivity contribution >= 4 is 33.5 Å². The van der Waals surface area contributed by atoms with E-state index in [0.717, 1.165) is 12.1 Å². The predicted molar refractivity (Wildman–Crippen MR) is 78.6 cm³/mol. The van der Waals surface area contributed by atoms with Gasteiger partial charge in [-0.2, -0.15) is 5.01 Å². The zero-order valence-corrected chi connectivity index (χ0v) is 13.0. The van der Waals surface area contributed by atoms with Crippen LogP contribution in [0, 0.1) is 0 Å². The minimum atomic E-state index is -4.30. The third-order valence-electron chi connectivity index (χ3n) is 3.37. The molecule has 0 spiro atoms. The van der Waals surface area contributed by atoms with Crippen LogP contribution >= 0.6 is 0 Å². The SMILES string of the molecule is CC1=C(C)C(=O)N(Nc2ccc(C(=O)O)c(S(N)(=O)=O)c2)C1=O. The molecule has 23 heavy (non-hydrogen) atoms. The van der Waals surface area contributed by atoms with E-state index in [1.54, 1.807) is 0 Å². The quantitative estimate of drug-likeness (QED) is 0.657. The van der Waals surface area contributed by atoms with Gasteiger partial charge in [-0.25, -0.2) is 18.4 Å². The number of nitrogens with zero attached hydrogens (tertiary/aromatic N) is 1. The van der Waals surface area contributed by atoms with E-state index in [4.69, 9.17) is 10.2 Å². The Bertz CT molecular complexity index is 848. The van der Waals surface area contributed by atoms with Gasteiger partial charge in [-0.1, -0.05) is 0 Å². The van der Waals surface area contributed by atoms with Gasteiger partial charge in [0.1, 0.15) is 0 Å². The molecular weight excluding hydrogens is 326 g/mol. The van der Waals surface area contributed by atoms with Crippen LogP contribution in [0.25, 0.3) is 0 Å². The molecule has 0 atom stereocenters. The molecule has 1 aromatic rings. The van der Waals surface area contributed by atoms with Gasteiger partial charge in [-0.3, -0.25) is 15.0 Å². The number of carbonyl (C=O) groups is 3. The average Bonchev–Trinajstić information content (AvgIpc) is 2.64. The van der Waals surface area contributed by atoms with Crippen molar-refractivity contribution in [3.63, 3.8) is 0 Å². The van der Waals surface area contributed by atoms with E-state index in [0.29, 0.717) is 5.01 Å². The molecule has 0 aliphatic carbocycles. The van der Waals surface area contributed by atoms with Gasteiger partial charge in [0.15, 0.2) is 0 Å². The fourth-order valence-electron chi connectivity index (χ4n) is 1.98. The second kappa shape index (κ2) is 5.48. The Morgan fingerprint density at radius 3 is 2.13 bits per heavy atom. The number of primary sulfonamides is 1. The van der Waals surface area contributed by atoms with E-state index in [-0.39, 0.29) is 16.8 Å². The predicted octanol–water partition coefficient (Wildman–Crippen LogP) is 0.0643. The Kier molecular flexibility index (Phi) is 3.97. The first kappa shape index (κ1) is 16.6. The molecule has 122 valence electrons. The summed E-state index contributed by atoms with van der Waals surface area (Å²) in [4.78, 5) is 34.3. The van der Waals surface area contributed by atoms with Gasteiger partial charge in [-0.05, 0) is 32.0 Å². The zero-order chi connectivity index (χ0) is 17.5. The van der Waals surface area contributed by atoms with Gasteiger partial charge in [0.25, 0.3) is 11.8 Å². The first-order valence-electron chi connectivity index (χ1n) is 6.27. The number of anilines is 1. The molecule has 0 bridgehead atoms. The molecule has 0 saturated heterocycles. The topological polar surface area (TPSA) is 147 Å². The summed E-state index contributed by atoms with van der Waals surface area (Å²) in [6, 6.07) is 3.19. The number of hydrazine groups is 1. The van der Waals surface area contributed by atoms with Crippen molar-refractivity contribution in [3.8, 4) is 0 Å². The number of aromatic carboxylic acids is 1. The Balaban J connectivity index is 2.42. The second-order valence-corrected chi connectivity index (χ2v) is 6.40. The maximum Gasteiger partial charge on any atom is 0.337 e. The third-order valence-corrected chi connectivity index (χ3v) is 4.32. The van der Waals surface area contributed by atoms with Gasteiger partial charge in [0, 0.05) is 11.1 Å². The molecule has 2 amide bonds. The molecule has 0 fully saturated rings. The summed E-state index contributed by atoms with van der Waals surface area (Å²) >= 11 is 0. The fourth-order valence-corrected chi connectivity index (χ4v) is 2.74. The molecule has 0 radical (unpaired) electrons. The summed E-state index contributed by atoms with van der Waals surface area (Å²) < 4.78 is 23.0. The number of sulfonamides is 1. The summed E-state index contributed by atoms with van der Waals surface area (Å²) in [5, 5.41) is 14.7. The van der Waals surface area contributed by atoms with Crippen LogP contribution < -0.4 is 10.6 Å². The van der Waals surface area contributed by atoms with Crippen molar-refractivity contribution in [2.75, 3.05) is 5.43 Å². The molecule has 10 heteroatoms. The van der Waals surface area contributed by atoms with Gasteiger partial charge < -0.3 is 5.11 Å². The number of nitrogens with one attached hydrogen (secondary N) is 1. The lowest BCUT2D eigenvalue weighted by molar-refractivity contribution is -0.135. The monoisotopic (exact) mass is 339 g/mol. The van der Waals surface area contributed by atoms with Crippen LogP contribution in [0.15, 0.2) is 34.2 Å². The largest absolute Gasteiger partial charge is 0.478 e. The fraction of sp³-hybridized carbons (Fsp3) is 0.154. The summed E-state index contributed by atoms with van der Waals surface area (Å²) in [5.41, 5.74) is 2.50. The van der Waals surface area contributed by atoms with Crippen LogP contribution in [0.5, 0.6) is 0 Å². The number of hydrogen-bond acceptors (Lipinski definition) is 6. The van der Waals surface area contributed by atoms with Crippen LogP contribution in [0.3, 0.4) is 0 Å². The molecule has 4 N–H and O–H groups in total. The maximum absolute atomic E-state index is 11.9. The van der Waals surface area contributed by atoms with Crippen LogP contribution in [0.1, 0.15) is 24.2 Å². The van der Waals surface area contributed by atoms with Crippen molar-refractivity contribution in [2.24, 2.45) is 5.14 Å². The van der Waals surface area contributed by atoms with Crippen LogP contribution in [-0.4, -0.2) is 36.3 Å². The molecule has 2 rings (SSSR count). The Hall–Kier alpha value is -2.72. The minimum Gasteiger partial charge on any atom is -0.478 e. The number of benzene rings is 1. The molecule has 0 unspecified atom stereocenters. The van der Waals surface area contributed by atoms with Crippen molar-refractivity contribution in [3.05, 3.63) is 34.9 Å². The van der Waals surface area contributed by atoms with Crippen molar-refractivity contribution in [2.45, 2.75) is 18.7 Å². The lowest BCUT2D eigenvalue weighted by Crippen LogP contribution is -2.37. The summed E-state index contributed by atoms with van der Waals surface area (Å²) in [7, 11) is -4.30. The summed E-state index contributed by atoms with van der Waals surface area (Å²) in [6.07, 6.45) is 0. The van der Waals surface area contributed by atoms with Crippen molar-refractivity contribution < 1.29 is 27.9 Å². The lowest BCUT2D eigenvalue weighted by atomic mass is 10.2. The first-order chi connectivity index (χ1) is 10.5. The lowest BCUT2D eigenvalue weighted by Gasteiger charge is -2.18. The highest BCUT2D eigenvalue weighted by molar-refractivity contribution is 7.89. The highest BCUT2D eigenvalue weighted by Crippen LogP contribution is 2.24. The smallest absolute Gasteiger partial charge is 0.337 e. The number of hydrogen-bond donors (Lipinski definition) is 3.